The zero-order valence-electron chi connectivity index (χ0n) is 21.7. The van der Waals surface area contributed by atoms with E-state index < -0.39 is 6.10 Å². The highest BCUT2D eigenvalue weighted by Gasteiger charge is 2.19. The summed E-state index contributed by atoms with van der Waals surface area (Å²) in [6.07, 6.45) is 9.81. The topological polar surface area (TPSA) is 44.8 Å². The van der Waals surface area contributed by atoms with Gasteiger partial charge in [-0.15, -0.1) is 0 Å². The standard InChI is InChI=1S/C30H44O4/c1-5-7-9-11-13-22-32-25(4)30(31)34-24(3)26-14-16-27(17-15-26)28-18-20-29(21-19-28)33-23-12-10-8-6-2/h14-21,24-25H,5-13,22-23H2,1-4H3. The van der Waals surface area contributed by atoms with Gasteiger partial charge in [-0.2, -0.15) is 0 Å². The number of carbonyl (C=O) groups excluding carboxylic acids is 1. The maximum Gasteiger partial charge on any atom is 0.335 e. The predicted octanol–water partition coefficient (Wildman–Crippen LogP) is 8.29. The molecule has 0 heterocycles. The van der Waals surface area contributed by atoms with Crippen molar-refractivity contribution in [3.8, 4) is 16.9 Å². The van der Waals surface area contributed by atoms with E-state index >= 15 is 0 Å². The highest BCUT2D eigenvalue weighted by molar-refractivity contribution is 5.74. The van der Waals surface area contributed by atoms with Crippen molar-refractivity contribution in [2.75, 3.05) is 13.2 Å². The van der Waals surface area contributed by atoms with Gasteiger partial charge in [-0.05, 0) is 55.5 Å². The van der Waals surface area contributed by atoms with Gasteiger partial charge in [0.05, 0.1) is 6.61 Å². The van der Waals surface area contributed by atoms with Crippen LogP contribution in [-0.4, -0.2) is 25.3 Å². The van der Waals surface area contributed by atoms with Crippen LogP contribution in [0.5, 0.6) is 5.75 Å². The first-order valence-electron chi connectivity index (χ1n) is 13.2. The van der Waals surface area contributed by atoms with Gasteiger partial charge in [-0.1, -0.05) is 95.2 Å². The summed E-state index contributed by atoms with van der Waals surface area (Å²) in [6, 6.07) is 16.4. The molecule has 0 aliphatic carbocycles. The van der Waals surface area contributed by atoms with Crippen molar-refractivity contribution in [3.63, 3.8) is 0 Å². The molecule has 2 rings (SSSR count). The van der Waals surface area contributed by atoms with E-state index in [-0.39, 0.29) is 12.1 Å². The minimum Gasteiger partial charge on any atom is -0.494 e. The van der Waals surface area contributed by atoms with E-state index in [1.54, 1.807) is 6.92 Å². The molecule has 0 saturated heterocycles. The second-order valence-electron chi connectivity index (χ2n) is 9.06. The first-order chi connectivity index (χ1) is 16.5. The van der Waals surface area contributed by atoms with E-state index in [2.05, 4.69) is 38.1 Å². The zero-order valence-corrected chi connectivity index (χ0v) is 21.7. The lowest BCUT2D eigenvalue weighted by atomic mass is 10.0. The lowest BCUT2D eigenvalue weighted by Gasteiger charge is -2.18. The fourth-order valence-corrected chi connectivity index (χ4v) is 3.78. The summed E-state index contributed by atoms with van der Waals surface area (Å²) >= 11 is 0. The Bertz CT molecular complexity index is 798. The average Bonchev–Trinajstić information content (AvgIpc) is 2.86. The summed E-state index contributed by atoms with van der Waals surface area (Å²) in [5.74, 6) is 0.602. The minimum absolute atomic E-state index is 0.310. The quantitative estimate of drug-likeness (QED) is 0.173. The summed E-state index contributed by atoms with van der Waals surface area (Å²) in [7, 11) is 0. The fraction of sp³-hybridized carbons (Fsp3) is 0.567. The van der Waals surface area contributed by atoms with Crippen LogP contribution in [0.4, 0.5) is 0 Å². The number of hydrogen-bond acceptors (Lipinski definition) is 4. The third-order valence-corrected chi connectivity index (χ3v) is 6.07. The van der Waals surface area contributed by atoms with Crippen molar-refractivity contribution < 1.29 is 19.0 Å². The summed E-state index contributed by atoms with van der Waals surface area (Å²) in [6.45, 7) is 9.46. The number of carbonyl (C=O) groups is 1. The van der Waals surface area contributed by atoms with Gasteiger partial charge >= 0.3 is 5.97 Å². The van der Waals surface area contributed by atoms with Crippen molar-refractivity contribution >= 4 is 5.97 Å². The molecule has 0 spiro atoms. The Labute approximate surface area is 207 Å². The van der Waals surface area contributed by atoms with Gasteiger partial charge in [0.25, 0.3) is 0 Å². The number of rotatable bonds is 17. The summed E-state index contributed by atoms with van der Waals surface area (Å²) in [4.78, 5) is 12.4. The third-order valence-electron chi connectivity index (χ3n) is 6.07. The van der Waals surface area contributed by atoms with Gasteiger partial charge < -0.3 is 14.2 Å². The molecule has 2 unspecified atom stereocenters. The first kappa shape index (κ1) is 27.9. The molecule has 0 bridgehead atoms. The second-order valence-corrected chi connectivity index (χ2v) is 9.06. The average molecular weight is 469 g/mol. The molecule has 34 heavy (non-hydrogen) atoms. The Morgan fingerprint density at radius 1 is 0.706 bits per heavy atom. The molecule has 0 saturated carbocycles. The van der Waals surface area contributed by atoms with E-state index in [4.69, 9.17) is 14.2 Å². The maximum atomic E-state index is 12.4. The fourth-order valence-electron chi connectivity index (χ4n) is 3.78. The van der Waals surface area contributed by atoms with Crippen LogP contribution in [-0.2, 0) is 14.3 Å². The van der Waals surface area contributed by atoms with Crippen molar-refractivity contribution in [2.24, 2.45) is 0 Å². The Morgan fingerprint density at radius 3 is 1.85 bits per heavy atom. The van der Waals surface area contributed by atoms with E-state index in [1.807, 2.05) is 31.2 Å². The van der Waals surface area contributed by atoms with Crippen LogP contribution in [0.15, 0.2) is 48.5 Å². The van der Waals surface area contributed by atoms with Crippen LogP contribution in [0.25, 0.3) is 11.1 Å². The van der Waals surface area contributed by atoms with Crippen LogP contribution in [0.2, 0.25) is 0 Å². The molecule has 2 aromatic rings. The predicted molar refractivity (Wildman–Crippen MR) is 140 cm³/mol. The van der Waals surface area contributed by atoms with E-state index in [1.165, 1.54) is 38.5 Å². The number of hydrogen-bond donors (Lipinski definition) is 0. The van der Waals surface area contributed by atoms with Gasteiger partial charge in [0.2, 0.25) is 0 Å². The smallest absolute Gasteiger partial charge is 0.335 e. The van der Waals surface area contributed by atoms with Gasteiger partial charge in [0.1, 0.15) is 11.9 Å². The van der Waals surface area contributed by atoms with Gasteiger partial charge in [-0.25, -0.2) is 4.79 Å². The minimum atomic E-state index is -0.541. The van der Waals surface area contributed by atoms with Crippen LogP contribution < -0.4 is 4.74 Å². The van der Waals surface area contributed by atoms with Crippen LogP contribution >= 0.6 is 0 Å². The molecule has 2 aromatic carbocycles. The third kappa shape index (κ3) is 10.3. The molecule has 0 fully saturated rings. The highest BCUT2D eigenvalue weighted by Crippen LogP contribution is 2.26. The molecule has 2 atom stereocenters. The number of benzene rings is 2. The van der Waals surface area contributed by atoms with Crippen molar-refractivity contribution in [3.05, 3.63) is 54.1 Å². The first-order valence-corrected chi connectivity index (χ1v) is 13.2. The monoisotopic (exact) mass is 468 g/mol. The Kier molecular flexibility index (Phi) is 13.4. The van der Waals surface area contributed by atoms with Gasteiger partial charge in [0.15, 0.2) is 6.10 Å². The molecule has 0 aromatic heterocycles. The van der Waals surface area contributed by atoms with Gasteiger partial charge in [0, 0.05) is 6.61 Å². The molecule has 0 aliphatic heterocycles. The molecule has 188 valence electrons. The summed E-state index contributed by atoms with van der Waals surface area (Å²) < 4.78 is 17.1. The second kappa shape index (κ2) is 16.3. The molecular formula is C30H44O4. The number of ether oxygens (including phenoxy) is 3. The largest absolute Gasteiger partial charge is 0.494 e. The number of unbranched alkanes of at least 4 members (excludes halogenated alkanes) is 7. The lowest BCUT2D eigenvalue weighted by Crippen LogP contribution is -2.25. The molecule has 4 nitrogen and oxygen atoms in total. The van der Waals surface area contributed by atoms with Crippen LogP contribution in [0, 0.1) is 0 Å². The van der Waals surface area contributed by atoms with Crippen LogP contribution in [0.3, 0.4) is 0 Å². The maximum absolute atomic E-state index is 12.4. The SMILES string of the molecule is CCCCCCCOC(C)C(=O)OC(C)c1ccc(-c2ccc(OCCCCCC)cc2)cc1. The van der Waals surface area contributed by atoms with E-state index in [9.17, 15) is 4.79 Å². The Hall–Kier alpha value is -2.33. The van der Waals surface area contributed by atoms with Crippen molar-refractivity contribution in [2.45, 2.75) is 97.7 Å². The highest BCUT2D eigenvalue weighted by atomic mass is 16.6. The molecule has 0 aliphatic rings. The normalized spacial score (nSPS) is 12.8. The Morgan fingerprint density at radius 2 is 1.24 bits per heavy atom. The van der Waals surface area contributed by atoms with Gasteiger partial charge in [-0.3, -0.25) is 0 Å². The molecule has 0 N–H and O–H groups in total. The molecular weight excluding hydrogens is 424 g/mol. The number of esters is 1. The van der Waals surface area contributed by atoms with E-state index in [0.717, 1.165) is 48.3 Å². The molecule has 0 radical (unpaired) electrons. The lowest BCUT2D eigenvalue weighted by molar-refractivity contribution is -0.161. The summed E-state index contributed by atoms with van der Waals surface area (Å²) in [5, 5.41) is 0. The van der Waals surface area contributed by atoms with Crippen molar-refractivity contribution in [1.29, 1.82) is 0 Å². The van der Waals surface area contributed by atoms with Crippen molar-refractivity contribution in [1.82, 2.24) is 0 Å². The zero-order chi connectivity index (χ0) is 24.6. The van der Waals surface area contributed by atoms with E-state index in [0.29, 0.717) is 6.61 Å². The Balaban J connectivity index is 1.78. The summed E-state index contributed by atoms with van der Waals surface area (Å²) in [5.41, 5.74) is 3.22. The molecule has 4 heteroatoms. The van der Waals surface area contributed by atoms with Crippen LogP contribution in [0.1, 0.15) is 97.1 Å². The molecule has 0 amide bonds.